The predicted octanol–water partition coefficient (Wildman–Crippen LogP) is 4.45. The highest BCUT2D eigenvalue weighted by Crippen LogP contribution is 2.29. The van der Waals surface area contributed by atoms with E-state index in [-0.39, 0.29) is 11.0 Å². The largest absolute Gasteiger partial charge is 0.497 e. The molecule has 0 saturated heterocycles. The second kappa shape index (κ2) is 7.15. The molecular formula is C17H18O2S. The predicted molar refractivity (Wildman–Crippen MR) is 83.7 cm³/mol. The Morgan fingerprint density at radius 2 is 1.75 bits per heavy atom. The average Bonchev–Trinajstić information content (AvgIpc) is 2.53. The highest BCUT2D eigenvalue weighted by Gasteiger charge is 2.19. The zero-order valence-electron chi connectivity index (χ0n) is 11.7. The summed E-state index contributed by atoms with van der Waals surface area (Å²) >= 11 is 1.61. The van der Waals surface area contributed by atoms with Crippen molar-refractivity contribution in [2.24, 2.45) is 0 Å². The standard InChI is InChI=1S/C17H18O2S/c1-3-16(17(18)13-7-5-4-6-8-13)20-15-11-9-14(19-2)10-12-15/h4-12,16H,3H2,1-2H3. The van der Waals surface area contributed by atoms with Crippen molar-refractivity contribution in [2.75, 3.05) is 7.11 Å². The molecule has 0 amide bonds. The lowest BCUT2D eigenvalue weighted by molar-refractivity contribution is 0.0988. The summed E-state index contributed by atoms with van der Waals surface area (Å²) in [7, 11) is 1.65. The van der Waals surface area contributed by atoms with Crippen LogP contribution in [-0.4, -0.2) is 18.1 Å². The Morgan fingerprint density at radius 3 is 2.30 bits per heavy atom. The fourth-order valence-corrected chi connectivity index (χ4v) is 2.96. The Balaban J connectivity index is 2.10. The van der Waals surface area contributed by atoms with Crippen LogP contribution in [0.3, 0.4) is 0 Å². The van der Waals surface area contributed by atoms with Crippen LogP contribution in [0.2, 0.25) is 0 Å². The Labute approximate surface area is 124 Å². The van der Waals surface area contributed by atoms with Crippen LogP contribution < -0.4 is 4.74 Å². The molecule has 2 aromatic rings. The van der Waals surface area contributed by atoms with Crippen molar-refractivity contribution < 1.29 is 9.53 Å². The first-order valence-electron chi connectivity index (χ1n) is 6.64. The van der Waals surface area contributed by atoms with Crippen molar-refractivity contribution >= 4 is 17.5 Å². The minimum absolute atomic E-state index is 0.0502. The van der Waals surface area contributed by atoms with Gasteiger partial charge in [-0.05, 0) is 30.7 Å². The molecule has 0 heterocycles. The van der Waals surface area contributed by atoms with Gasteiger partial charge in [-0.1, -0.05) is 37.3 Å². The zero-order chi connectivity index (χ0) is 14.4. The van der Waals surface area contributed by atoms with Crippen molar-refractivity contribution in [1.82, 2.24) is 0 Å². The normalized spacial score (nSPS) is 11.9. The lowest BCUT2D eigenvalue weighted by atomic mass is 10.1. The van der Waals surface area contributed by atoms with Crippen LogP contribution in [0.4, 0.5) is 0 Å². The molecule has 1 atom stereocenters. The summed E-state index contributed by atoms with van der Waals surface area (Å²) in [5, 5.41) is -0.0502. The third-order valence-electron chi connectivity index (χ3n) is 3.06. The molecular weight excluding hydrogens is 268 g/mol. The summed E-state index contributed by atoms with van der Waals surface area (Å²) in [6.07, 6.45) is 0.810. The molecule has 0 aliphatic rings. The van der Waals surface area contributed by atoms with E-state index in [0.29, 0.717) is 0 Å². The molecule has 2 nitrogen and oxygen atoms in total. The molecule has 0 N–H and O–H groups in total. The maximum absolute atomic E-state index is 12.5. The van der Waals surface area contributed by atoms with Crippen LogP contribution >= 0.6 is 11.8 Å². The topological polar surface area (TPSA) is 26.3 Å². The van der Waals surface area contributed by atoms with E-state index in [2.05, 4.69) is 0 Å². The molecule has 1 unspecified atom stereocenters. The van der Waals surface area contributed by atoms with Crippen LogP contribution in [0.25, 0.3) is 0 Å². The molecule has 0 bridgehead atoms. The van der Waals surface area contributed by atoms with Gasteiger partial charge in [0.15, 0.2) is 5.78 Å². The maximum Gasteiger partial charge on any atom is 0.176 e. The van der Waals surface area contributed by atoms with Crippen LogP contribution in [0, 0.1) is 0 Å². The quantitative estimate of drug-likeness (QED) is 0.579. The van der Waals surface area contributed by atoms with Crippen molar-refractivity contribution in [3.05, 3.63) is 60.2 Å². The van der Waals surface area contributed by atoms with Crippen LogP contribution in [-0.2, 0) is 0 Å². The highest BCUT2D eigenvalue weighted by molar-refractivity contribution is 8.00. The second-order valence-electron chi connectivity index (χ2n) is 4.42. The second-order valence-corrected chi connectivity index (χ2v) is 5.70. The van der Waals surface area contributed by atoms with Crippen LogP contribution in [0.1, 0.15) is 23.7 Å². The van der Waals surface area contributed by atoms with E-state index in [1.165, 1.54) is 0 Å². The number of carbonyl (C=O) groups excluding carboxylic acids is 1. The maximum atomic E-state index is 12.5. The van der Waals surface area contributed by atoms with Gasteiger partial charge in [0.05, 0.1) is 12.4 Å². The lowest BCUT2D eigenvalue weighted by Crippen LogP contribution is -2.16. The average molecular weight is 286 g/mol. The molecule has 0 fully saturated rings. The van der Waals surface area contributed by atoms with E-state index >= 15 is 0 Å². The third kappa shape index (κ3) is 3.64. The molecule has 0 aliphatic carbocycles. The summed E-state index contributed by atoms with van der Waals surface area (Å²) in [5.74, 6) is 1.02. The summed E-state index contributed by atoms with van der Waals surface area (Å²) in [6.45, 7) is 2.04. The van der Waals surface area contributed by atoms with Gasteiger partial charge in [-0.2, -0.15) is 0 Å². The number of Topliss-reactive ketones (excluding diaryl/α,β-unsaturated/α-hetero) is 1. The van der Waals surface area contributed by atoms with Gasteiger partial charge in [-0.25, -0.2) is 0 Å². The molecule has 0 radical (unpaired) electrons. The number of carbonyl (C=O) groups is 1. The van der Waals surface area contributed by atoms with Crippen molar-refractivity contribution in [3.8, 4) is 5.75 Å². The molecule has 3 heteroatoms. The molecule has 2 rings (SSSR count). The van der Waals surface area contributed by atoms with E-state index in [1.54, 1.807) is 18.9 Å². The van der Waals surface area contributed by atoms with Crippen molar-refractivity contribution in [1.29, 1.82) is 0 Å². The monoisotopic (exact) mass is 286 g/mol. The van der Waals surface area contributed by atoms with Gasteiger partial charge < -0.3 is 4.74 Å². The van der Waals surface area contributed by atoms with Crippen molar-refractivity contribution in [3.63, 3.8) is 0 Å². The van der Waals surface area contributed by atoms with Crippen LogP contribution in [0.5, 0.6) is 5.75 Å². The van der Waals surface area contributed by atoms with E-state index in [0.717, 1.165) is 22.6 Å². The molecule has 0 aliphatic heterocycles. The molecule has 0 saturated carbocycles. The van der Waals surface area contributed by atoms with Gasteiger partial charge in [-0.3, -0.25) is 4.79 Å². The number of benzene rings is 2. The Kier molecular flexibility index (Phi) is 5.24. The zero-order valence-corrected chi connectivity index (χ0v) is 12.5. The minimum Gasteiger partial charge on any atom is -0.497 e. The Morgan fingerprint density at radius 1 is 1.10 bits per heavy atom. The molecule has 0 spiro atoms. The summed E-state index contributed by atoms with van der Waals surface area (Å²) in [5.41, 5.74) is 0.778. The third-order valence-corrected chi connectivity index (χ3v) is 4.44. The SMILES string of the molecule is CCC(Sc1ccc(OC)cc1)C(=O)c1ccccc1. The first-order chi connectivity index (χ1) is 9.74. The fourth-order valence-electron chi connectivity index (χ4n) is 1.93. The van der Waals surface area contributed by atoms with Gasteiger partial charge in [0, 0.05) is 10.5 Å². The molecule has 0 aromatic heterocycles. The van der Waals surface area contributed by atoms with E-state index in [4.69, 9.17) is 4.74 Å². The smallest absolute Gasteiger partial charge is 0.176 e. The van der Waals surface area contributed by atoms with Gasteiger partial charge >= 0.3 is 0 Å². The number of ether oxygens (including phenoxy) is 1. The van der Waals surface area contributed by atoms with E-state index in [9.17, 15) is 4.79 Å². The first-order valence-corrected chi connectivity index (χ1v) is 7.52. The van der Waals surface area contributed by atoms with E-state index in [1.807, 2.05) is 61.5 Å². The van der Waals surface area contributed by atoms with Gasteiger partial charge in [-0.15, -0.1) is 11.8 Å². The number of rotatable bonds is 6. The lowest BCUT2D eigenvalue weighted by Gasteiger charge is -2.13. The van der Waals surface area contributed by atoms with Crippen LogP contribution in [0.15, 0.2) is 59.5 Å². The number of thioether (sulfide) groups is 1. The summed E-state index contributed by atoms with van der Waals surface area (Å²) in [4.78, 5) is 13.5. The first kappa shape index (κ1) is 14.7. The minimum atomic E-state index is -0.0502. The number of hydrogen-bond acceptors (Lipinski definition) is 3. The Hall–Kier alpha value is -1.74. The number of hydrogen-bond donors (Lipinski definition) is 0. The van der Waals surface area contributed by atoms with Crippen molar-refractivity contribution in [2.45, 2.75) is 23.5 Å². The molecule has 104 valence electrons. The van der Waals surface area contributed by atoms with Gasteiger partial charge in [0.2, 0.25) is 0 Å². The summed E-state index contributed by atoms with van der Waals surface area (Å²) < 4.78 is 5.14. The van der Waals surface area contributed by atoms with E-state index < -0.39 is 0 Å². The van der Waals surface area contributed by atoms with Gasteiger partial charge in [0.1, 0.15) is 5.75 Å². The molecule has 20 heavy (non-hydrogen) atoms. The van der Waals surface area contributed by atoms with Gasteiger partial charge in [0.25, 0.3) is 0 Å². The number of ketones is 1. The summed E-state index contributed by atoms with van der Waals surface area (Å²) in [6, 6.07) is 17.3. The Bertz CT molecular complexity index is 549. The number of methoxy groups -OCH3 is 1. The molecule has 2 aromatic carbocycles. The highest BCUT2D eigenvalue weighted by atomic mass is 32.2. The fraction of sp³-hybridized carbons (Fsp3) is 0.235.